The fourth-order valence-corrected chi connectivity index (χ4v) is 9.37. The molecule has 11 rings (SSSR count). The molecule has 0 atom stereocenters. The van der Waals surface area contributed by atoms with E-state index in [1.165, 1.54) is 88.1 Å². The van der Waals surface area contributed by atoms with Gasteiger partial charge < -0.3 is 9.47 Å². The Labute approximate surface area is 321 Å². The van der Waals surface area contributed by atoms with Crippen LogP contribution in [-0.4, -0.2) is 4.57 Å². The lowest BCUT2D eigenvalue weighted by Gasteiger charge is -2.29. The van der Waals surface area contributed by atoms with E-state index < -0.39 is 0 Å². The molecule has 0 fully saturated rings. The van der Waals surface area contributed by atoms with Gasteiger partial charge in [0, 0.05) is 38.6 Å². The maximum atomic E-state index is 2.45. The highest BCUT2D eigenvalue weighted by Gasteiger charge is 2.37. The lowest BCUT2D eigenvalue weighted by molar-refractivity contribution is 0.660. The average molecular weight is 703 g/mol. The van der Waals surface area contributed by atoms with Gasteiger partial charge in [-0.05, 0) is 104 Å². The van der Waals surface area contributed by atoms with E-state index >= 15 is 0 Å². The van der Waals surface area contributed by atoms with Gasteiger partial charge in [0.15, 0.2) is 0 Å². The summed E-state index contributed by atoms with van der Waals surface area (Å²) in [5.41, 5.74) is 14.8. The monoisotopic (exact) mass is 702 g/mol. The van der Waals surface area contributed by atoms with Gasteiger partial charge in [-0.15, -0.1) is 0 Å². The first-order valence-electron chi connectivity index (χ1n) is 19.2. The molecular weight excluding hydrogens is 665 g/mol. The zero-order valence-corrected chi connectivity index (χ0v) is 30.9. The number of hydrogen-bond acceptors (Lipinski definition) is 1. The summed E-state index contributed by atoms with van der Waals surface area (Å²) in [6, 6.07) is 71.3. The van der Waals surface area contributed by atoms with E-state index in [0.29, 0.717) is 0 Å². The van der Waals surface area contributed by atoms with Crippen molar-refractivity contribution in [1.82, 2.24) is 4.57 Å². The van der Waals surface area contributed by atoms with Crippen LogP contribution in [0.3, 0.4) is 0 Å². The van der Waals surface area contributed by atoms with Crippen LogP contribution in [0.25, 0.3) is 71.3 Å². The molecule has 0 amide bonds. The molecule has 55 heavy (non-hydrogen) atoms. The summed E-state index contributed by atoms with van der Waals surface area (Å²) in [6.07, 6.45) is 0. The van der Waals surface area contributed by atoms with Crippen molar-refractivity contribution in [2.75, 3.05) is 4.90 Å². The Morgan fingerprint density at radius 3 is 1.76 bits per heavy atom. The van der Waals surface area contributed by atoms with Gasteiger partial charge in [0.25, 0.3) is 0 Å². The molecule has 260 valence electrons. The van der Waals surface area contributed by atoms with Gasteiger partial charge in [0.1, 0.15) is 0 Å². The Bertz CT molecular complexity index is 3060. The van der Waals surface area contributed by atoms with Gasteiger partial charge in [-0.25, -0.2) is 0 Å². The number of nitrogens with zero attached hydrogens (tertiary/aromatic N) is 2. The quantitative estimate of drug-likeness (QED) is 0.162. The largest absolute Gasteiger partial charge is 0.310 e. The van der Waals surface area contributed by atoms with Crippen molar-refractivity contribution < 1.29 is 0 Å². The van der Waals surface area contributed by atoms with Crippen LogP contribution in [-0.2, 0) is 5.41 Å². The van der Waals surface area contributed by atoms with Crippen molar-refractivity contribution >= 4 is 60.4 Å². The third-order valence-corrected chi connectivity index (χ3v) is 12.0. The van der Waals surface area contributed by atoms with Crippen molar-refractivity contribution in [2.24, 2.45) is 0 Å². The Morgan fingerprint density at radius 2 is 1.04 bits per heavy atom. The van der Waals surface area contributed by atoms with E-state index in [9.17, 15) is 0 Å². The smallest absolute Gasteiger partial charge is 0.0546 e. The molecule has 2 nitrogen and oxygen atoms in total. The first-order chi connectivity index (χ1) is 27.1. The lowest BCUT2D eigenvalue weighted by atomic mass is 9.81. The molecule has 0 unspecified atom stereocenters. The molecule has 0 spiro atoms. The molecule has 1 aromatic heterocycles. The van der Waals surface area contributed by atoms with Crippen LogP contribution in [0.2, 0.25) is 0 Å². The van der Waals surface area contributed by atoms with Gasteiger partial charge in [0.2, 0.25) is 0 Å². The molecule has 0 saturated heterocycles. The highest BCUT2D eigenvalue weighted by atomic mass is 15.1. The standard InChI is InChI=1S/C53H38N2/c1-53(2)47-24-14-23-41(35-27-29-38(30-28-35)55-49-25-12-10-21-44(49)45-22-11-13-26-50(45)55)52(47)46-32-31-39(34-48(46)53)54(37-16-4-3-5-17-37)51-33-36-15-6-7-18-40(36)42-19-8-9-20-43(42)51/h3-34H,1-2H3. The molecule has 0 bridgehead atoms. The van der Waals surface area contributed by atoms with Crippen LogP contribution < -0.4 is 4.90 Å². The highest BCUT2D eigenvalue weighted by Crippen LogP contribution is 2.54. The summed E-state index contributed by atoms with van der Waals surface area (Å²) in [6.45, 7) is 4.77. The molecule has 1 heterocycles. The summed E-state index contributed by atoms with van der Waals surface area (Å²) >= 11 is 0. The summed E-state index contributed by atoms with van der Waals surface area (Å²) in [5.74, 6) is 0. The first-order valence-corrected chi connectivity index (χ1v) is 19.2. The minimum absolute atomic E-state index is 0.187. The molecule has 0 N–H and O–H groups in total. The number of benzene rings is 9. The van der Waals surface area contributed by atoms with Crippen LogP contribution in [0.4, 0.5) is 17.1 Å². The average Bonchev–Trinajstić information content (AvgIpc) is 3.70. The zero-order valence-electron chi connectivity index (χ0n) is 30.9. The van der Waals surface area contributed by atoms with Crippen LogP contribution in [0.5, 0.6) is 0 Å². The fraction of sp³-hybridized carbons (Fsp3) is 0.0566. The number of aromatic nitrogens is 1. The second-order valence-electron chi connectivity index (χ2n) is 15.3. The van der Waals surface area contributed by atoms with E-state index in [1.807, 2.05) is 0 Å². The molecule has 1 aliphatic rings. The number of fused-ring (bicyclic) bond motifs is 9. The van der Waals surface area contributed by atoms with Crippen molar-refractivity contribution in [2.45, 2.75) is 19.3 Å². The van der Waals surface area contributed by atoms with Crippen molar-refractivity contribution in [3.8, 4) is 27.9 Å². The topological polar surface area (TPSA) is 8.17 Å². The molecule has 9 aromatic carbocycles. The highest BCUT2D eigenvalue weighted by molar-refractivity contribution is 6.15. The molecule has 0 radical (unpaired) electrons. The van der Waals surface area contributed by atoms with Crippen LogP contribution in [0.1, 0.15) is 25.0 Å². The molecule has 2 heteroatoms. The predicted molar refractivity (Wildman–Crippen MR) is 233 cm³/mol. The van der Waals surface area contributed by atoms with E-state index in [-0.39, 0.29) is 5.41 Å². The summed E-state index contributed by atoms with van der Waals surface area (Å²) in [4.78, 5) is 2.45. The Morgan fingerprint density at radius 1 is 0.418 bits per heavy atom. The number of hydrogen-bond donors (Lipinski definition) is 0. The minimum Gasteiger partial charge on any atom is -0.310 e. The van der Waals surface area contributed by atoms with Gasteiger partial charge in [-0.1, -0.05) is 153 Å². The van der Waals surface area contributed by atoms with Crippen LogP contribution >= 0.6 is 0 Å². The van der Waals surface area contributed by atoms with Crippen molar-refractivity contribution in [3.05, 3.63) is 205 Å². The van der Waals surface area contributed by atoms with Gasteiger partial charge in [-0.3, -0.25) is 0 Å². The number of para-hydroxylation sites is 3. The van der Waals surface area contributed by atoms with Gasteiger partial charge >= 0.3 is 0 Å². The Kier molecular flexibility index (Phi) is 6.93. The summed E-state index contributed by atoms with van der Waals surface area (Å²) in [7, 11) is 0. The van der Waals surface area contributed by atoms with Crippen molar-refractivity contribution in [1.29, 1.82) is 0 Å². The fourth-order valence-electron chi connectivity index (χ4n) is 9.37. The zero-order chi connectivity index (χ0) is 36.7. The van der Waals surface area contributed by atoms with Gasteiger partial charge in [0.05, 0.1) is 16.7 Å². The number of rotatable bonds is 5. The molecular formula is C53H38N2. The molecule has 0 saturated carbocycles. The Hall–Kier alpha value is -6.90. The molecule has 10 aromatic rings. The Balaban J connectivity index is 1.05. The molecule has 1 aliphatic carbocycles. The van der Waals surface area contributed by atoms with E-state index in [2.05, 4.69) is 217 Å². The van der Waals surface area contributed by atoms with E-state index in [4.69, 9.17) is 0 Å². The van der Waals surface area contributed by atoms with Crippen LogP contribution in [0.15, 0.2) is 194 Å². The third-order valence-electron chi connectivity index (χ3n) is 12.0. The SMILES string of the molecule is CC1(C)c2cc(N(c3ccccc3)c3cc4ccccc4c4ccccc34)ccc2-c2c(-c3ccc(-n4c5ccccc5c5ccccc54)cc3)cccc21. The maximum absolute atomic E-state index is 2.45. The first kappa shape index (κ1) is 31.6. The molecule has 0 aliphatic heterocycles. The minimum atomic E-state index is -0.187. The number of anilines is 3. The van der Waals surface area contributed by atoms with Crippen molar-refractivity contribution in [3.63, 3.8) is 0 Å². The van der Waals surface area contributed by atoms with Crippen LogP contribution in [0, 0.1) is 0 Å². The normalized spacial score (nSPS) is 13.1. The lowest BCUT2D eigenvalue weighted by Crippen LogP contribution is -2.16. The second kappa shape index (κ2) is 12.1. The third kappa shape index (κ3) is 4.74. The second-order valence-corrected chi connectivity index (χ2v) is 15.3. The van der Waals surface area contributed by atoms with E-state index in [0.717, 1.165) is 11.4 Å². The predicted octanol–water partition coefficient (Wildman–Crippen LogP) is 14.5. The van der Waals surface area contributed by atoms with E-state index in [1.54, 1.807) is 0 Å². The summed E-state index contributed by atoms with van der Waals surface area (Å²) < 4.78 is 2.39. The maximum Gasteiger partial charge on any atom is 0.0546 e. The summed E-state index contributed by atoms with van der Waals surface area (Å²) in [5, 5.41) is 7.57. The van der Waals surface area contributed by atoms with Gasteiger partial charge in [-0.2, -0.15) is 0 Å².